The number of hydrogen-bond acceptors (Lipinski definition) is 2. The van der Waals surface area contributed by atoms with Crippen LogP contribution in [0.2, 0.25) is 0 Å². The number of rotatable bonds is 4. The zero-order valence-corrected chi connectivity index (χ0v) is 17.1. The van der Waals surface area contributed by atoms with Gasteiger partial charge in [0.15, 0.2) is 0 Å². The molecule has 0 radical (unpaired) electrons. The highest BCUT2D eigenvalue weighted by atomic mass is 19.1. The van der Waals surface area contributed by atoms with E-state index in [1.54, 1.807) is 22.9 Å². The average Bonchev–Trinajstić information content (AvgIpc) is 3.15. The number of halogens is 1. The molecule has 0 unspecified atom stereocenters. The van der Waals surface area contributed by atoms with Crippen LogP contribution in [0.3, 0.4) is 0 Å². The molecule has 0 saturated heterocycles. The number of hydrogen-bond donors (Lipinski definition) is 1. The van der Waals surface area contributed by atoms with E-state index >= 15 is 0 Å². The van der Waals surface area contributed by atoms with Crippen LogP contribution in [0.25, 0.3) is 16.9 Å². The maximum Gasteiger partial charge on any atom is 0.274 e. The Morgan fingerprint density at radius 1 is 0.867 bits per heavy atom. The first-order valence-corrected chi connectivity index (χ1v) is 9.72. The zero-order chi connectivity index (χ0) is 21.3. The lowest BCUT2D eigenvalue weighted by Crippen LogP contribution is -2.17. The highest BCUT2D eigenvalue weighted by Gasteiger charge is 2.19. The van der Waals surface area contributed by atoms with E-state index in [9.17, 15) is 9.18 Å². The van der Waals surface area contributed by atoms with Crippen LogP contribution in [0, 0.1) is 26.6 Å². The Morgan fingerprint density at radius 2 is 1.53 bits per heavy atom. The quantitative estimate of drug-likeness (QED) is 0.467. The molecule has 0 spiro atoms. The maximum absolute atomic E-state index is 13.4. The molecule has 0 bridgehead atoms. The highest BCUT2D eigenvalue weighted by Crippen LogP contribution is 2.25. The minimum absolute atomic E-state index is 0.264. The summed E-state index contributed by atoms with van der Waals surface area (Å²) in [4.78, 5) is 13.1. The molecular weight excluding hydrogens is 377 g/mol. The van der Waals surface area contributed by atoms with Gasteiger partial charge in [-0.25, -0.2) is 9.07 Å². The molecule has 1 heterocycles. The van der Waals surface area contributed by atoms with Gasteiger partial charge in [0, 0.05) is 11.3 Å². The number of amides is 1. The van der Waals surface area contributed by atoms with Crippen LogP contribution in [0.5, 0.6) is 0 Å². The molecule has 0 saturated carbocycles. The Morgan fingerprint density at radius 3 is 2.20 bits per heavy atom. The summed E-state index contributed by atoms with van der Waals surface area (Å²) in [5, 5.41) is 7.62. The summed E-state index contributed by atoms with van der Waals surface area (Å²) in [6.07, 6.45) is 0. The number of anilines is 1. The third-order valence-electron chi connectivity index (χ3n) is 4.97. The number of nitrogens with one attached hydrogen (secondary N) is 1. The average molecular weight is 399 g/mol. The van der Waals surface area contributed by atoms with Crippen LogP contribution in [0.15, 0.2) is 72.8 Å². The SMILES string of the molecule is Cc1ccc(NC(=O)c2cc(-c3ccc(F)cc3)nn2-c2ccc(C)cc2C)cc1. The number of carbonyl (C=O) groups excluding carboxylic acids is 1. The first-order valence-electron chi connectivity index (χ1n) is 9.72. The predicted molar refractivity (Wildman–Crippen MR) is 118 cm³/mol. The smallest absolute Gasteiger partial charge is 0.274 e. The van der Waals surface area contributed by atoms with Gasteiger partial charge in [0.05, 0.1) is 11.4 Å². The molecule has 0 aliphatic rings. The molecule has 3 aromatic carbocycles. The summed E-state index contributed by atoms with van der Waals surface area (Å²) < 4.78 is 15.0. The normalized spacial score (nSPS) is 10.8. The third-order valence-corrected chi connectivity index (χ3v) is 4.97. The molecule has 0 atom stereocenters. The second-order valence-electron chi connectivity index (χ2n) is 7.44. The number of aryl methyl sites for hydroxylation is 3. The molecule has 1 aromatic heterocycles. The van der Waals surface area contributed by atoms with Gasteiger partial charge < -0.3 is 5.32 Å². The van der Waals surface area contributed by atoms with Crippen LogP contribution in [-0.2, 0) is 0 Å². The molecule has 0 fully saturated rings. The molecule has 4 aromatic rings. The topological polar surface area (TPSA) is 46.9 Å². The Balaban J connectivity index is 1.79. The molecule has 150 valence electrons. The largest absolute Gasteiger partial charge is 0.321 e. The lowest BCUT2D eigenvalue weighted by Gasteiger charge is -2.11. The summed E-state index contributed by atoms with van der Waals surface area (Å²) in [5.74, 6) is -0.579. The highest BCUT2D eigenvalue weighted by molar-refractivity contribution is 6.04. The van der Waals surface area contributed by atoms with E-state index in [2.05, 4.69) is 16.5 Å². The minimum Gasteiger partial charge on any atom is -0.321 e. The molecule has 0 aliphatic carbocycles. The Labute approximate surface area is 175 Å². The van der Waals surface area contributed by atoms with Crippen LogP contribution in [-0.4, -0.2) is 15.7 Å². The lowest BCUT2D eigenvalue weighted by molar-refractivity contribution is 0.101. The fraction of sp³-hybridized carbons (Fsp3) is 0.120. The molecule has 4 rings (SSSR count). The Hall–Kier alpha value is -3.73. The predicted octanol–water partition coefficient (Wildman–Crippen LogP) is 5.86. The maximum atomic E-state index is 13.4. The van der Waals surface area contributed by atoms with Gasteiger partial charge in [-0.2, -0.15) is 5.10 Å². The van der Waals surface area contributed by atoms with Crippen LogP contribution in [0.1, 0.15) is 27.2 Å². The molecule has 5 heteroatoms. The van der Waals surface area contributed by atoms with Crippen molar-refractivity contribution in [3.63, 3.8) is 0 Å². The Bertz CT molecular complexity index is 1210. The van der Waals surface area contributed by atoms with Crippen molar-refractivity contribution in [1.29, 1.82) is 0 Å². The van der Waals surface area contributed by atoms with E-state index in [1.165, 1.54) is 12.1 Å². The first-order chi connectivity index (χ1) is 14.4. The van der Waals surface area contributed by atoms with Gasteiger partial charge in [-0.3, -0.25) is 4.79 Å². The van der Waals surface area contributed by atoms with Crippen molar-refractivity contribution in [2.24, 2.45) is 0 Å². The van der Waals surface area contributed by atoms with Crippen molar-refractivity contribution < 1.29 is 9.18 Å². The van der Waals surface area contributed by atoms with Crippen molar-refractivity contribution in [3.8, 4) is 16.9 Å². The zero-order valence-electron chi connectivity index (χ0n) is 17.1. The summed E-state index contributed by atoms with van der Waals surface area (Å²) in [6, 6.07) is 21.4. The molecule has 1 N–H and O–H groups in total. The molecule has 30 heavy (non-hydrogen) atoms. The summed E-state index contributed by atoms with van der Waals surface area (Å²) in [7, 11) is 0. The second kappa shape index (κ2) is 7.95. The monoisotopic (exact) mass is 399 g/mol. The van der Waals surface area contributed by atoms with Gasteiger partial charge >= 0.3 is 0 Å². The van der Waals surface area contributed by atoms with Crippen molar-refractivity contribution in [1.82, 2.24) is 9.78 Å². The van der Waals surface area contributed by atoms with Gasteiger partial charge in [-0.15, -0.1) is 0 Å². The standard InChI is InChI=1S/C25H22FN3O/c1-16-4-11-21(12-5-16)27-25(30)24-15-22(19-7-9-20(26)10-8-19)28-29(24)23-13-6-17(2)14-18(23)3/h4-15H,1-3H3,(H,27,30). The van der Waals surface area contributed by atoms with Crippen molar-refractivity contribution in [3.05, 3.63) is 101 Å². The number of carbonyl (C=O) groups is 1. The number of nitrogens with zero attached hydrogens (tertiary/aromatic N) is 2. The van der Waals surface area contributed by atoms with Crippen molar-refractivity contribution >= 4 is 11.6 Å². The number of aromatic nitrogens is 2. The molecule has 4 nitrogen and oxygen atoms in total. The van der Waals surface area contributed by atoms with E-state index in [-0.39, 0.29) is 11.7 Å². The van der Waals surface area contributed by atoms with Gasteiger partial charge in [0.2, 0.25) is 0 Å². The minimum atomic E-state index is -0.315. The fourth-order valence-corrected chi connectivity index (χ4v) is 3.36. The number of benzene rings is 3. The van der Waals surface area contributed by atoms with E-state index in [1.807, 2.05) is 57.2 Å². The van der Waals surface area contributed by atoms with E-state index in [0.29, 0.717) is 17.1 Å². The van der Waals surface area contributed by atoms with Gasteiger partial charge in [0.25, 0.3) is 5.91 Å². The summed E-state index contributed by atoms with van der Waals surface area (Å²) in [6.45, 7) is 6.01. The molecule has 1 amide bonds. The van der Waals surface area contributed by atoms with Crippen LogP contribution >= 0.6 is 0 Å². The van der Waals surface area contributed by atoms with E-state index in [0.717, 1.165) is 27.9 Å². The van der Waals surface area contributed by atoms with Gasteiger partial charge in [0.1, 0.15) is 11.5 Å². The van der Waals surface area contributed by atoms with Crippen molar-refractivity contribution in [2.75, 3.05) is 5.32 Å². The van der Waals surface area contributed by atoms with Crippen LogP contribution < -0.4 is 5.32 Å². The molecule has 0 aliphatic heterocycles. The lowest BCUT2D eigenvalue weighted by atomic mass is 10.1. The van der Waals surface area contributed by atoms with E-state index in [4.69, 9.17) is 0 Å². The van der Waals surface area contributed by atoms with Crippen molar-refractivity contribution in [2.45, 2.75) is 20.8 Å². The van der Waals surface area contributed by atoms with Gasteiger partial charge in [-0.05, 0) is 74.9 Å². The summed E-state index contributed by atoms with van der Waals surface area (Å²) >= 11 is 0. The van der Waals surface area contributed by atoms with Crippen LogP contribution in [0.4, 0.5) is 10.1 Å². The summed E-state index contributed by atoms with van der Waals surface area (Å²) in [5.41, 5.74) is 6.54. The third kappa shape index (κ3) is 4.01. The second-order valence-corrected chi connectivity index (χ2v) is 7.44. The Kier molecular flexibility index (Phi) is 5.19. The first kappa shape index (κ1) is 19.6. The fourth-order valence-electron chi connectivity index (χ4n) is 3.36. The van der Waals surface area contributed by atoms with E-state index < -0.39 is 0 Å². The molecular formula is C25H22FN3O. The van der Waals surface area contributed by atoms with Gasteiger partial charge in [-0.1, -0.05) is 35.4 Å².